The first-order chi connectivity index (χ1) is 13.2. The molecule has 136 valence electrons. The van der Waals surface area contributed by atoms with Crippen molar-refractivity contribution in [3.05, 3.63) is 52.4 Å². The predicted molar refractivity (Wildman–Crippen MR) is 103 cm³/mol. The summed E-state index contributed by atoms with van der Waals surface area (Å²) in [6.07, 6.45) is 2.95. The van der Waals surface area contributed by atoms with Gasteiger partial charge in [0.15, 0.2) is 11.5 Å². The van der Waals surface area contributed by atoms with Crippen molar-refractivity contribution < 1.29 is 19.0 Å². The molecule has 2 aromatic rings. The molecule has 4 aliphatic heterocycles. The zero-order chi connectivity index (χ0) is 18.1. The summed E-state index contributed by atoms with van der Waals surface area (Å²) in [4.78, 5) is 16.4. The summed E-state index contributed by atoms with van der Waals surface area (Å²) in [5.74, 6) is 2.36. The molecule has 0 aliphatic carbocycles. The number of carbonyl (C=O) groups excluding carboxylic acids is 1. The second kappa shape index (κ2) is 5.59. The molecule has 0 saturated heterocycles. The van der Waals surface area contributed by atoms with Crippen molar-refractivity contribution in [2.45, 2.75) is 17.0 Å². The number of allylic oxidation sites excluding steroid dienone is 1. The van der Waals surface area contributed by atoms with Gasteiger partial charge in [-0.15, -0.1) is 23.4 Å². The molecule has 27 heavy (non-hydrogen) atoms. The number of amides is 1. The van der Waals surface area contributed by atoms with Gasteiger partial charge in [-0.1, -0.05) is 12.1 Å². The summed E-state index contributed by atoms with van der Waals surface area (Å²) < 4.78 is 17.2. The van der Waals surface area contributed by atoms with Gasteiger partial charge in [-0.2, -0.15) is 0 Å². The minimum atomic E-state index is -0.381. The fourth-order valence-corrected chi connectivity index (χ4v) is 5.46. The second-order valence-corrected chi connectivity index (χ2v) is 8.94. The summed E-state index contributed by atoms with van der Waals surface area (Å²) >= 11 is 7.83. The highest BCUT2D eigenvalue weighted by Gasteiger charge is 2.45. The van der Waals surface area contributed by atoms with Crippen LogP contribution in [0.25, 0.3) is 0 Å². The Morgan fingerprint density at radius 1 is 1.15 bits per heavy atom. The van der Waals surface area contributed by atoms with Gasteiger partial charge in [0.25, 0.3) is 0 Å². The van der Waals surface area contributed by atoms with E-state index >= 15 is 0 Å². The Bertz CT molecular complexity index is 1040. The quantitative estimate of drug-likeness (QED) is 0.691. The molecule has 7 heteroatoms. The Hall–Kier alpha value is -2.31. The van der Waals surface area contributed by atoms with Crippen LogP contribution in [0.4, 0.5) is 5.69 Å². The van der Waals surface area contributed by atoms with Crippen LogP contribution in [0.5, 0.6) is 23.0 Å². The van der Waals surface area contributed by atoms with Crippen LogP contribution in [0.1, 0.15) is 23.5 Å². The number of thioether (sulfide) groups is 1. The standard InChI is InChI=1S/C20H14ClNO4S/c21-17-5-4-10(27-17)8-22-12-2-1-3-13-19(12)18(20(22)23)11-6-15-16(25-9-24-15)7-14(11)26-13/h1-4,6-7,17-18H,5,8-9H2. The number of hydrogen-bond acceptors (Lipinski definition) is 5. The van der Waals surface area contributed by atoms with Gasteiger partial charge < -0.3 is 19.1 Å². The number of benzene rings is 2. The van der Waals surface area contributed by atoms with Crippen LogP contribution >= 0.6 is 23.4 Å². The van der Waals surface area contributed by atoms with Crippen molar-refractivity contribution in [1.82, 2.24) is 0 Å². The molecule has 1 amide bonds. The first-order valence-electron chi connectivity index (χ1n) is 8.74. The molecule has 0 spiro atoms. The van der Waals surface area contributed by atoms with Crippen molar-refractivity contribution in [1.29, 1.82) is 0 Å². The number of alkyl halides is 1. The molecule has 4 aliphatic rings. The van der Waals surface area contributed by atoms with Crippen molar-refractivity contribution in [2.75, 3.05) is 18.2 Å². The fraction of sp³-hybridized carbons (Fsp3) is 0.250. The molecular formula is C20H14ClNO4S. The summed E-state index contributed by atoms with van der Waals surface area (Å²) in [6, 6.07) is 9.51. The molecule has 5 nitrogen and oxygen atoms in total. The predicted octanol–water partition coefficient (Wildman–Crippen LogP) is 4.59. The number of rotatable bonds is 2. The van der Waals surface area contributed by atoms with Crippen molar-refractivity contribution in [3.63, 3.8) is 0 Å². The SMILES string of the molecule is O=C1C2c3cc4c(cc3Oc3cccc(c32)N1CC1=CCC(Cl)S1)OCO4. The van der Waals surface area contributed by atoms with Crippen LogP contribution in [-0.4, -0.2) is 24.0 Å². The highest BCUT2D eigenvalue weighted by atomic mass is 35.5. The third-order valence-corrected chi connectivity index (χ3v) is 6.79. The largest absolute Gasteiger partial charge is 0.456 e. The van der Waals surface area contributed by atoms with E-state index in [1.165, 1.54) is 0 Å². The number of ether oxygens (including phenoxy) is 3. The van der Waals surface area contributed by atoms with Crippen LogP contribution < -0.4 is 19.1 Å². The maximum Gasteiger partial charge on any atom is 0.239 e. The minimum absolute atomic E-state index is 0.0544. The first kappa shape index (κ1) is 15.7. The average Bonchev–Trinajstić information content (AvgIpc) is 3.35. The Morgan fingerprint density at radius 3 is 2.81 bits per heavy atom. The number of fused-ring (bicyclic) bond motifs is 3. The zero-order valence-corrected chi connectivity index (χ0v) is 15.7. The molecule has 2 unspecified atom stereocenters. The lowest BCUT2D eigenvalue weighted by Crippen LogP contribution is -2.30. The third-order valence-electron chi connectivity index (χ3n) is 5.30. The molecule has 6 rings (SSSR count). The van der Waals surface area contributed by atoms with Crippen LogP contribution in [0.3, 0.4) is 0 Å². The molecule has 0 saturated carbocycles. The zero-order valence-electron chi connectivity index (χ0n) is 14.1. The number of carbonyl (C=O) groups is 1. The molecule has 0 fully saturated rings. The van der Waals surface area contributed by atoms with Crippen LogP contribution in [0, 0.1) is 0 Å². The van der Waals surface area contributed by atoms with Gasteiger partial charge in [0.1, 0.15) is 11.5 Å². The summed E-state index contributed by atoms with van der Waals surface area (Å²) in [6.45, 7) is 0.728. The van der Waals surface area contributed by atoms with Gasteiger partial charge in [0.05, 0.1) is 22.9 Å². The van der Waals surface area contributed by atoms with Crippen molar-refractivity contribution in [3.8, 4) is 23.0 Å². The lowest BCUT2D eigenvalue weighted by Gasteiger charge is -2.23. The van der Waals surface area contributed by atoms with E-state index in [1.54, 1.807) is 11.8 Å². The monoisotopic (exact) mass is 399 g/mol. The smallest absolute Gasteiger partial charge is 0.239 e. The molecule has 2 atom stereocenters. The van der Waals surface area contributed by atoms with E-state index in [1.807, 2.05) is 35.2 Å². The highest BCUT2D eigenvalue weighted by Crippen LogP contribution is 2.55. The number of halogens is 1. The molecule has 0 N–H and O–H groups in total. The van der Waals surface area contributed by atoms with E-state index in [-0.39, 0.29) is 23.3 Å². The molecule has 0 aromatic heterocycles. The van der Waals surface area contributed by atoms with Gasteiger partial charge >= 0.3 is 0 Å². The minimum Gasteiger partial charge on any atom is -0.456 e. The lowest BCUT2D eigenvalue weighted by molar-refractivity contribution is -0.118. The number of hydrogen-bond donors (Lipinski definition) is 0. The van der Waals surface area contributed by atoms with Crippen LogP contribution in [0.2, 0.25) is 0 Å². The fourth-order valence-electron chi connectivity index (χ4n) is 4.11. The van der Waals surface area contributed by atoms with E-state index in [9.17, 15) is 4.79 Å². The van der Waals surface area contributed by atoms with Gasteiger partial charge in [0.2, 0.25) is 12.7 Å². The Labute approximate surface area is 164 Å². The first-order valence-corrected chi connectivity index (χ1v) is 10.1. The van der Waals surface area contributed by atoms with Gasteiger partial charge in [-0.25, -0.2) is 0 Å². The third kappa shape index (κ3) is 2.23. The summed E-state index contributed by atoms with van der Waals surface area (Å²) in [5, 5.41) is 0. The summed E-state index contributed by atoms with van der Waals surface area (Å²) in [5.41, 5.74) is 2.67. The number of nitrogens with zero attached hydrogens (tertiary/aromatic N) is 1. The molecule has 0 radical (unpaired) electrons. The van der Waals surface area contributed by atoms with E-state index in [2.05, 4.69) is 6.08 Å². The van der Waals surface area contributed by atoms with Gasteiger partial charge in [0, 0.05) is 22.1 Å². The maximum absolute atomic E-state index is 13.4. The van der Waals surface area contributed by atoms with E-state index in [0.29, 0.717) is 23.8 Å². The van der Waals surface area contributed by atoms with Crippen LogP contribution in [0.15, 0.2) is 41.3 Å². The highest BCUT2D eigenvalue weighted by molar-refractivity contribution is 8.05. The Balaban J connectivity index is 1.46. The Kier molecular flexibility index (Phi) is 3.26. The van der Waals surface area contributed by atoms with E-state index < -0.39 is 0 Å². The topological polar surface area (TPSA) is 48.0 Å². The molecule has 0 bridgehead atoms. The van der Waals surface area contributed by atoms with Gasteiger partial charge in [-0.3, -0.25) is 4.79 Å². The van der Waals surface area contributed by atoms with Crippen LogP contribution in [-0.2, 0) is 4.79 Å². The van der Waals surface area contributed by atoms with Crippen molar-refractivity contribution >= 4 is 35.0 Å². The van der Waals surface area contributed by atoms with Gasteiger partial charge in [-0.05, 0) is 24.6 Å². The number of anilines is 1. The average molecular weight is 400 g/mol. The molecular weight excluding hydrogens is 386 g/mol. The summed E-state index contributed by atoms with van der Waals surface area (Å²) in [7, 11) is 0. The van der Waals surface area contributed by atoms with E-state index in [0.717, 1.165) is 33.9 Å². The van der Waals surface area contributed by atoms with E-state index in [4.69, 9.17) is 25.8 Å². The maximum atomic E-state index is 13.4. The normalized spacial score (nSPS) is 23.8. The lowest BCUT2D eigenvalue weighted by atomic mass is 9.89. The Morgan fingerprint density at radius 2 is 2.00 bits per heavy atom. The molecule has 4 heterocycles. The molecule has 2 aromatic carbocycles. The second-order valence-electron chi connectivity index (χ2n) is 6.83. The van der Waals surface area contributed by atoms with Crippen molar-refractivity contribution in [2.24, 2.45) is 0 Å².